The fourth-order valence-corrected chi connectivity index (χ4v) is 3.57. The number of nitrogens with zero attached hydrogens (tertiary/aromatic N) is 1. The number of hydrogen-bond donors (Lipinski definition) is 3. The Morgan fingerprint density at radius 1 is 1.31 bits per heavy atom. The quantitative estimate of drug-likeness (QED) is 0.739. The predicted octanol–water partition coefficient (Wildman–Crippen LogP) is 3.48. The van der Waals surface area contributed by atoms with Gasteiger partial charge in [0.1, 0.15) is 0 Å². The topological polar surface area (TPSA) is 66.1 Å². The van der Waals surface area contributed by atoms with Crippen LogP contribution in [-0.2, 0) is 12.6 Å². The summed E-state index contributed by atoms with van der Waals surface area (Å²) in [7, 11) is 0. The molecule has 0 radical (unpaired) electrons. The van der Waals surface area contributed by atoms with Crippen molar-refractivity contribution in [2.75, 3.05) is 25.0 Å². The van der Waals surface area contributed by atoms with E-state index in [9.17, 15) is 18.0 Å². The average Bonchev–Trinajstić information content (AvgIpc) is 3.25. The SMILES string of the molecule is O=C(NCC1CCNC1)Nc1ncc(Cc2ccc(C(F)(F)F)cc2)s1. The molecule has 2 aromatic rings. The monoisotopic (exact) mass is 384 g/mol. The van der Waals surface area contributed by atoms with Crippen molar-refractivity contribution in [3.8, 4) is 0 Å². The molecule has 0 saturated carbocycles. The zero-order valence-corrected chi connectivity index (χ0v) is 14.7. The number of alkyl halides is 3. The first-order chi connectivity index (χ1) is 12.4. The molecular formula is C17H19F3N4OS. The largest absolute Gasteiger partial charge is 0.416 e. The van der Waals surface area contributed by atoms with Crippen molar-refractivity contribution in [3.05, 3.63) is 46.5 Å². The normalized spacial score (nSPS) is 17.3. The van der Waals surface area contributed by atoms with E-state index >= 15 is 0 Å². The van der Waals surface area contributed by atoms with Gasteiger partial charge in [-0.25, -0.2) is 9.78 Å². The molecule has 0 aliphatic carbocycles. The lowest BCUT2D eigenvalue weighted by Gasteiger charge is -2.09. The number of urea groups is 1. The third kappa shape index (κ3) is 5.18. The molecule has 1 aromatic heterocycles. The van der Waals surface area contributed by atoms with Gasteiger partial charge in [0.25, 0.3) is 0 Å². The van der Waals surface area contributed by atoms with Gasteiger partial charge >= 0.3 is 12.2 Å². The van der Waals surface area contributed by atoms with Gasteiger partial charge in [0.05, 0.1) is 5.56 Å². The number of aromatic nitrogens is 1. The fraction of sp³-hybridized carbons (Fsp3) is 0.412. The second-order valence-electron chi connectivity index (χ2n) is 6.20. The van der Waals surface area contributed by atoms with Crippen LogP contribution in [0.2, 0.25) is 0 Å². The van der Waals surface area contributed by atoms with Crippen molar-refractivity contribution in [1.29, 1.82) is 0 Å². The highest BCUT2D eigenvalue weighted by atomic mass is 32.1. The number of anilines is 1. The maximum Gasteiger partial charge on any atom is 0.416 e. The molecule has 5 nitrogen and oxygen atoms in total. The molecule has 1 atom stereocenters. The second-order valence-corrected chi connectivity index (χ2v) is 7.31. The molecule has 0 bridgehead atoms. The van der Waals surface area contributed by atoms with Gasteiger partial charge in [0, 0.05) is 24.0 Å². The van der Waals surface area contributed by atoms with E-state index in [1.165, 1.54) is 23.5 Å². The van der Waals surface area contributed by atoms with Gasteiger partial charge in [-0.1, -0.05) is 12.1 Å². The molecule has 1 aliphatic heterocycles. The molecule has 1 unspecified atom stereocenters. The van der Waals surface area contributed by atoms with Gasteiger partial charge in [0.2, 0.25) is 0 Å². The van der Waals surface area contributed by atoms with E-state index in [-0.39, 0.29) is 6.03 Å². The molecule has 1 aliphatic rings. The summed E-state index contributed by atoms with van der Waals surface area (Å²) in [6.45, 7) is 2.51. The maximum atomic E-state index is 12.6. The van der Waals surface area contributed by atoms with Gasteiger partial charge in [-0.15, -0.1) is 11.3 Å². The summed E-state index contributed by atoms with van der Waals surface area (Å²) in [5, 5.41) is 9.22. The molecule has 9 heteroatoms. The van der Waals surface area contributed by atoms with Crippen LogP contribution in [0.3, 0.4) is 0 Å². The lowest BCUT2D eigenvalue weighted by atomic mass is 10.1. The predicted molar refractivity (Wildman–Crippen MR) is 94.4 cm³/mol. The van der Waals surface area contributed by atoms with E-state index in [2.05, 4.69) is 20.9 Å². The number of carbonyl (C=O) groups is 1. The highest BCUT2D eigenvalue weighted by Gasteiger charge is 2.29. The van der Waals surface area contributed by atoms with E-state index in [0.29, 0.717) is 24.0 Å². The van der Waals surface area contributed by atoms with E-state index < -0.39 is 11.7 Å². The minimum atomic E-state index is -4.33. The summed E-state index contributed by atoms with van der Waals surface area (Å²) < 4.78 is 37.7. The smallest absolute Gasteiger partial charge is 0.337 e. The number of carbonyl (C=O) groups excluding carboxylic acids is 1. The molecule has 1 fully saturated rings. The minimum absolute atomic E-state index is 0.299. The molecule has 3 N–H and O–H groups in total. The van der Waals surface area contributed by atoms with Crippen LogP contribution >= 0.6 is 11.3 Å². The highest BCUT2D eigenvalue weighted by molar-refractivity contribution is 7.15. The first-order valence-corrected chi connectivity index (χ1v) is 9.08. The van der Waals surface area contributed by atoms with Crippen molar-refractivity contribution in [1.82, 2.24) is 15.6 Å². The van der Waals surface area contributed by atoms with E-state index in [1.54, 1.807) is 6.20 Å². The van der Waals surface area contributed by atoms with Gasteiger partial charge in [-0.2, -0.15) is 13.2 Å². The number of rotatable bonds is 5. The molecular weight excluding hydrogens is 365 g/mol. The zero-order chi connectivity index (χ0) is 18.6. The van der Waals surface area contributed by atoms with E-state index in [4.69, 9.17) is 0 Å². The molecule has 26 heavy (non-hydrogen) atoms. The van der Waals surface area contributed by atoms with E-state index in [1.807, 2.05) is 0 Å². The number of hydrogen-bond acceptors (Lipinski definition) is 4. The third-order valence-electron chi connectivity index (χ3n) is 4.15. The Bertz CT molecular complexity index is 739. The Balaban J connectivity index is 1.50. The lowest BCUT2D eigenvalue weighted by molar-refractivity contribution is -0.137. The summed E-state index contributed by atoms with van der Waals surface area (Å²) in [5.74, 6) is 0.451. The maximum absolute atomic E-state index is 12.6. The van der Waals surface area contributed by atoms with E-state index in [0.717, 1.165) is 42.1 Å². The van der Waals surface area contributed by atoms with Gasteiger partial charge < -0.3 is 10.6 Å². The van der Waals surface area contributed by atoms with Gasteiger partial charge in [-0.3, -0.25) is 5.32 Å². The fourth-order valence-electron chi connectivity index (χ4n) is 2.73. The standard InChI is InChI=1S/C17H19F3N4OS/c18-17(19,20)13-3-1-11(2-4-13)7-14-10-23-16(26-14)24-15(25)22-9-12-5-6-21-8-12/h1-4,10,12,21H,5-9H2,(H2,22,23,24,25). The Labute approximate surface area is 153 Å². The Morgan fingerprint density at radius 2 is 2.08 bits per heavy atom. The van der Waals surface area contributed by atoms with Gasteiger partial charge in [0.15, 0.2) is 5.13 Å². The molecule has 1 aromatic carbocycles. The molecule has 1 saturated heterocycles. The zero-order valence-electron chi connectivity index (χ0n) is 13.9. The minimum Gasteiger partial charge on any atom is -0.337 e. The summed E-state index contributed by atoms with van der Waals surface area (Å²) >= 11 is 1.31. The average molecular weight is 384 g/mol. The summed E-state index contributed by atoms with van der Waals surface area (Å²) in [4.78, 5) is 16.9. The van der Waals surface area contributed by atoms with Crippen LogP contribution in [0.25, 0.3) is 0 Å². The number of thiazole rings is 1. The highest BCUT2D eigenvalue weighted by Crippen LogP contribution is 2.29. The number of amides is 2. The van der Waals surface area contributed by atoms with Crippen LogP contribution in [0, 0.1) is 5.92 Å². The van der Waals surface area contributed by atoms with Crippen molar-refractivity contribution >= 4 is 22.5 Å². The summed E-state index contributed by atoms with van der Waals surface area (Å²) in [5.41, 5.74) is 0.0911. The Morgan fingerprint density at radius 3 is 2.73 bits per heavy atom. The van der Waals surface area contributed by atoms with Crippen LogP contribution in [0.5, 0.6) is 0 Å². The molecule has 0 spiro atoms. The van der Waals surface area contributed by atoms with Crippen LogP contribution in [0.1, 0.15) is 22.4 Å². The Kier molecular flexibility index (Phi) is 5.77. The van der Waals surface area contributed by atoms with Crippen molar-refractivity contribution < 1.29 is 18.0 Å². The van der Waals surface area contributed by atoms with Crippen molar-refractivity contribution in [2.24, 2.45) is 5.92 Å². The van der Waals surface area contributed by atoms with Crippen LogP contribution in [0.15, 0.2) is 30.5 Å². The molecule has 140 valence electrons. The molecule has 3 rings (SSSR count). The van der Waals surface area contributed by atoms with Crippen LogP contribution in [-0.4, -0.2) is 30.6 Å². The molecule has 2 amide bonds. The first-order valence-electron chi connectivity index (χ1n) is 8.26. The number of benzene rings is 1. The van der Waals surface area contributed by atoms with Crippen LogP contribution < -0.4 is 16.0 Å². The van der Waals surface area contributed by atoms with Crippen molar-refractivity contribution in [3.63, 3.8) is 0 Å². The lowest BCUT2D eigenvalue weighted by Crippen LogP contribution is -2.33. The first kappa shape index (κ1) is 18.7. The van der Waals surface area contributed by atoms with Gasteiger partial charge in [-0.05, 0) is 43.1 Å². The van der Waals surface area contributed by atoms with Crippen LogP contribution in [0.4, 0.5) is 23.1 Å². The summed E-state index contributed by atoms with van der Waals surface area (Å²) in [6.07, 6.45) is -1.19. The number of nitrogens with one attached hydrogen (secondary N) is 3. The number of halogens is 3. The molecule has 2 heterocycles. The Hall–Kier alpha value is -2.13. The van der Waals surface area contributed by atoms with Crippen molar-refractivity contribution in [2.45, 2.75) is 19.0 Å². The third-order valence-corrected chi connectivity index (χ3v) is 5.06. The summed E-state index contributed by atoms with van der Waals surface area (Å²) in [6, 6.07) is 4.75. The second kappa shape index (κ2) is 8.05.